The number of ether oxygens (including phenoxy) is 1. The van der Waals surface area contributed by atoms with Crippen LogP contribution in [0.5, 0.6) is 0 Å². The molecule has 0 unspecified atom stereocenters. The number of likely N-dealkylation sites (N-methyl/N-ethyl adjacent to an activating group) is 1. The van der Waals surface area contributed by atoms with Gasteiger partial charge < -0.3 is 19.4 Å². The molecule has 2 aliphatic heterocycles. The van der Waals surface area contributed by atoms with Crippen molar-refractivity contribution in [2.75, 3.05) is 63.9 Å². The normalized spacial score (nSPS) is 20.2. The van der Waals surface area contributed by atoms with Gasteiger partial charge in [-0.05, 0) is 30.8 Å². The van der Waals surface area contributed by atoms with Crippen LogP contribution in [0.4, 0.5) is 5.69 Å². The average molecular weight is 303 g/mol. The molecule has 1 aromatic rings. The Labute approximate surface area is 132 Å². The zero-order valence-corrected chi connectivity index (χ0v) is 13.3. The van der Waals surface area contributed by atoms with E-state index in [2.05, 4.69) is 28.9 Å². The topological polar surface area (TPSA) is 36.0 Å². The smallest absolute Gasteiger partial charge is 0.253 e. The van der Waals surface area contributed by atoms with Crippen LogP contribution in [0.2, 0.25) is 0 Å². The van der Waals surface area contributed by atoms with E-state index in [4.69, 9.17) is 4.74 Å². The lowest BCUT2D eigenvalue weighted by molar-refractivity contribution is 0.0643. The van der Waals surface area contributed by atoms with Gasteiger partial charge in [0, 0.05) is 50.5 Å². The molecule has 3 rings (SSSR count). The molecule has 1 amide bonds. The highest BCUT2D eigenvalue weighted by molar-refractivity contribution is 5.94. The van der Waals surface area contributed by atoms with Gasteiger partial charge in [-0.15, -0.1) is 0 Å². The predicted molar refractivity (Wildman–Crippen MR) is 87.5 cm³/mol. The summed E-state index contributed by atoms with van der Waals surface area (Å²) in [7, 11) is 0. The Morgan fingerprint density at radius 3 is 2.23 bits per heavy atom. The molecule has 0 atom stereocenters. The first-order valence-electron chi connectivity index (χ1n) is 8.22. The summed E-state index contributed by atoms with van der Waals surface area (Å²) in [6.07, 6.45) is 0. The fraction of sp³-hybridized carbons (Fsp3) is 0.588. The van der Waals surface area contributed by atoms with Crippen molar-refractivity contribution in [1.82, 2.24) is 9.80 Å². The van der Waals surface area contributed by atoms with Crippen molar-refractivity contribution >= 4 is 11.6 Å². The summed E-state index contributed by atoms with van der Waals surface area (Å²) in [6.45, 7) is 10.3. The Balaban J connectivity index is 1.61. The lowest BCUT2D eigenvalue weighted by atomic mass is 10.1. The minimum absolute atomic E-state index is 0.157. The molecule has 5 nitrogen and oxygen atoms in total. The van der Waals surface area contributed by atoms with Crippen LogP contribution in [-0.4, -0.2) is 74.7 Å². The van der Waals surface area contributed by atoms with Gasteiger partial charge in [-0.2, -0.15) is 0 Å². The van der Waals surface area contributed by atoms with E-state index < -0.39 is 0 Å². The molecule has 2 saturated heterocycles. The molecule has 0 radical (unpaired) electrons. The molecule has 2 aliphatic rings. The summed E-state index contributed by atoms with van der Waals surface area (Å²) in [5.41, 5.74) is 1.97. The molecule has 0 aliphatic carbocycles. The summed E-state index contributed by atoms with van der Waals surface area (Å²) in [4.78, 5) is 19.2. The van der Waals surface area contributed by atoms with Gasteiger partial charge in [0.2, 0.25) is 0 Å². The first-order chi connectivity index (χ1) is 10.8. The molecule has 0 saturated carbocycles. The van der Waals surface area contributed by atoms with Gasteiger partial charge in [-0.25, -0.2) is 0 Å². The molecule has 120 valence electrons. The number of benzene rings is 1. The van der Waals surface area contributed by atoms with E-state index in [0.717, 1.165) is 64.6 Å². The van der Waals surface area contributed by atoms with Gasteiger partial charge in [0.25, 0.3) is 5.91 Å². The zero-order chi connectivity index (χ0) is 15.4. The number of rotatable bonds is 3. The number of carbonyl (C=O) groups excluding carboxylic acids is 1. The number of carbonyl (C=O) groups is 1. The van der Waals surface area contributed by atoms with E-state index in [1.165, 1.54) is 5.69 Å². The van der Waals surface area contributed by atoms with E-state index in [1.54, 1.807) is 0 Å². The van der Waals surface area contributed by atoms with Gasteiger partial charge in [-0.1, -0.05) is 6.92 Å². The summed E-state index contributed by atoms with van der Waals surface area (Å²) in [6, 6.07) is 8.03. The van der Waals surface area contributed by atoms with Crippen molar-refractivity contribution in [3.63, 3.8) is 0 Å². The quantitative estimate of drug-likeness (QED) is 0.843. The van der Waals surface area contributed by atoms with E-state index in [9.17, 15) is 4.79 Å². The number of hydrogen-bond donors (Lipinski definition) is 0. The average Bonchev–Trinajstić information content (AvgIpc) is 2.62. The standard InChI is InChI=1S/C17H25N3O2/c1-2-18-7-9-20(10-8-18)17(21)15-3-5-16(6-4-15)19-11-13-22-14-12-19/h3-6H,2,7-14H2,1H3. The molecule has 0 spiro atoms. The zero-order valence-electron chi connectivity index (χ0n) is 13.3. The van der Waals surface area contributed by atoms with Crippen LogP contribution in [-0.2, 0) is 4.74 Å². The van der Waals surface area contributed by atoms with Crippen LogP contribution in [0.1, 0.15) is 17.3 Å². The molecule has 0 aromatic heterocycles. The Kier molecular flexibility index (Phi) is 4.95. The molecular weight excluding hydrogens is 278 g/mol. The van der Waals surface area contributed by atoms with Crippen LogP contribution in [0, 0.1) is 0 Å². The fourth-order valence-electron chi connectivity index (χ4n) is 3.09. The van der Waals surface area contributed by atoms with E-state index in [0.29, 0.717) is 0 Å². The second-order valence-corrected chi connectivity index (χ2v) is 5.87. The molecule has 0 N–H and O–H groups in total. The first kappa shape index (κ1) is 15.3. The van der Waals surface area contributed by atoms with Gasteiger partial charge in [-0.3, -0.25) is 4.79 Å². The van der Waals surface area contributed by atoms with Gasteiger partial charge in [0.15, 0.2) is 0 Å². The first-order valence-corrected chi connectivity index (χ1v) is 8.22. The van der Waals surface area contributed by atoms with Crippen LogP contribution >= 0.6 is 0 Å². The predicted octanol–water partition coefficient (Wildman–Crippen LogP) is 1.30. The summed E-state index contributed by atoms with van der Waals surface area (Å²) in [5, 5.41) is 0. The SMILES string of the molecule is CCN1CCN(C(=O)c2ccc(N3CCOCC3)cc2)CC1. The van der Waals surface area contributed by atoms with Crippen molar-refractivity contribution in [1.29, 1.82) is 0 Å². The maximum Gasteiger partial charge on any atom is 0.253 e. The minimum atomic E-state index is 0.157. The lowest BCUT2D eigenvalue weighted by Gasteiger charge is -2.34. The Bertz CT molecular complexity index is 489. The monoisotopic (exact) mass is 303 g/mol. The van der Waals surface area contributed by atoms with E-state index >= 15 is 0 Å². The van der Waals surface area contributed by atoms with Crippen molar-refractivity contribution in [2.24, 2.45) is 0 Å². The van der Waals surface area contributed by atoms with E-state index in [-0.39, 0.29) is 5.91 Å². The highest BCUT2D eigenvalue weighted by Crippen LogP contribution is 2.18. The third-order valence-electron chi connectivity index (χ3n) is 4.60. The fourth-order valence-corrected chi connectivity index (χ4v) is 3.09. The maximum absolute atomic E-state index is 12.6. The number of morpholine rings is 1. The molecule has 1 aromatic carbocycles. The minimum Gasteiger partial charge on any atom is -0.378 e. The Hall–Kier alpha value is -1.59. The van der Waals surface area contributed by atoms with Crippen LogP contribution in [0.3, 0.4) is 0 Å². The number of nitrogens with zero attached hydrogens (tertiary/aromatic N) is 3. The highest BCUT2D eigenvalue weighted by atomic mass is 16.5. The van der Waals surface area contributed by atoms with Crippen LogP contribution in [0.25, 0.3) is 0 Å². The Morgan fingerprint density at radius 1 is 1.00 bits per heavy atom. The van der Waals surface area contributed by atoms with Gasteiger partial charge >= 0.3 is 0 Å². The molecule has 0 bridgehead atoms. The molecule has 22 heavy (non-hydrogen) atoms. The third-order valence-corrected chi connectivity index (χ3v) is 4.60. The van der Waals surface area contributed by atoms with Crippen molar-refractivity contribution in [3.05, 3.63) is 29.8 Å². The number of hydrogen-bond acceptors (Lipinski definition) is 4. The molecule has 2 fully saturated rings. The van der Waals surface area contributed by atoms with Crippen LogP contribution < -0.4 is 4.90 Å². The maximum atomic E-state index is 12.6. The number of anilines is 1. The second-order valence-electron chi connectivity index (χ2n) is 5.87. The summed E-state index contributed by atoms with van der Waals surface area (Å²) >= 11 is 0. The van der Waals surface area contributed by atoms with Gasteiger partial charge in [0.05, 0.1) is 13.2 Å². The largest absolute Gasteiger partial charge is 0.378 e. The van der Waals surface area contributed by atoms with Gasteiger partial charge in [0.1, 0.15) is 0 Å². The third kappa shape index (κ3) is 3.42. The van der Waals surface area contributed by atoms with Crippen LogP contribution in [0.15, 0.2) is 24.3 Å². The summed E-state index contributed by atoms with van der Waals surface area (Å²) < 4.78 is 5.37. The Morgan fingerprint density at radius 2 is 1.64 bits per heavy atom. The molecule has 2 heterocycles. The number of amides is 1. The van der Waals surface area contributed by atoms with Crippen molar-refractivity contribution in [2.45, 2.75) is 6.92 Å². The lowest BCUT2D eigenvalue weighted by Crippen LogP contribution is -2.48. The summed E-state index contributed by atoms with van der Waals surface area (Å²) in [5.74, 6) is 0.157. The van der Waals surface area contributed by atoms with E-state index in [1.807, 2.05) is 17.0 Å². The van der Waals surface area contributed by atoms with Crippen molar-refractivity contribution < 1.29 is 9.53 Å². The number of piperazine rings is 1. The second kappa shape index (κ2) is 7.11. The van der Waals surface area contributed by atoms with Crippen molar-refractivity contribution in [3.8, 4) is 0 Å². The highest BCUT2D eigenvalue weighted by Gasteiger charge is 2.21. The molecule has 5 heteroatoms. The molecular formula is C17H25N3O2.